The van der Waals surface area contributed by atoms with E-state index in [9.17, 15) is 4.79 Å². The fraction of sp³-hybridized carbons (Fsp3) is 0.211. The number of hydrogen-bond acceptors (Lipinski definition) is 1. The Morgan fingerprint density at radius 1 is 0.905 bits per heavy atom. The molecule has 0 amide bonds. The van der Waals surface area contributed by atoms with Crippen LogP contribution in [0, 0.1) is 0 Å². The van der Waals surface area contributed by atoms with Crippen molar-refractivity contribution in [2.75, 3.05) is 0 Å². The van der Waals surface area contributed by atoms with Gasteiger partial charge in [-0.15, -0.1) is 0 Å². The zero-order valence-corrected chi connectivity index (χ0v) is 13.8. The SMILES string of the molecule is CC1=C(c2ccccc2)[Si](C)(C)Cc2ccccc2C1=O. The second-order valence-corrected chi connectivity index (χ2v) is 11.0. The fourth-order valence-corrected chi connectivity index (χ4v) is 7.01. The predicted octanol–water partition coefficient (Wildman–Crippen LogP) is 4.69. The topological polar surface area (TPSA) is 17.1 Å². The molecule has 1 aliphatic heterocycles. The number of benzene rings is 2. The molecule has 2 heteroatoms. The van der Waals surface area contributed by atoms with Gasteiger partial charge in [-0.3, -0.25) is 4.79 Å². The molecule has 0 aliphatic carbocycles. The van der Waals surface area contributed by atoms with Crippen LogP contribution in [0.1, 0.15) is 28.4 Å². The monoisotopic (exact) mass is 292 g/mol. The van der Waals surface area contributed by atoms with Crippen LogP contribution >= 0.6 is 0 Å². The highest BCUT2D eigenvalue weighted by molar-refractivity contribution is 6.95. The summed E-state index contributed by atoms with van der Waals surface area (Å²) in [5.41, 5.74) is 4.25. The van der Waals surface area contributed by atoms with Gasteiger partial charge in [0.25, 0.3) is 0 Å². The zero-order valence-electron chi connectivity index (χ0n) is 12.8. The Balaban J connectivity index is 2.25. The second-order valence-electron chi connectivity index (χ2n) is 6.41. The van der Waals surface area contributed by atoms with Gasteiger partial charge in [-0.2, -0.15) is 0 Å². The van der Waals surface area contributed by atoms with E-state index < -0.39 is 8.07 Å². The molecule has 0 unspecified atom stereocenters. The number of Topliss-reactive ketones (excluding diaryl/α,β-unsaturated/α-hetero) is 1. The lowest BCUT2D eigenvalue weighted by Crippen LogP contribution is -2.32. The third-order valence-corrected chi connectivity index (χ3v) is 7.63. The van der Waals surface area contributed by atoms with E-state index >= 15 is 0 Å². The first kappa shape index (κ1) is 14.0. The fourth-order valence-electron chi connectivity index (χ4n) is 3.50. The smallest absolute Gasteiger partial charge is 0.188 e. The standard InChI is InChI=1S/C19H20OSi/c1-14-18(20)17-12-8-7-11-16(17)13-21(2,3)19(14)15-9-5-4-6-10-15/h4-12H,13H2,1-3H3. The number of hydrogen-bond donors (Lipinski definition) is 0. The van der Waals surface area contributed by atoms with Crippen molar-refractivity contribution >= 4 is 19.1 Å². The van der Waals surface area contributed by atoms with E-state index in [0.29, 0.717) is 0 Å². The van der Waals surface area contributed by atoms with Gasteiger partial charge in [-0.05, 0) is 34.9 Å². The summed E-state index contributed by atoms with van der Waals surface area (Å²) in [5, 5.41) is 1.31. The molecule has 21 heavy (non-hydrogen) atoms. The molecule has 1 aliphatic rings. The second kappa shape index (κ2) is 5.12. The van der Waals surface area contributed by atoms with Crippen LogP contribution in [0.25, 0.3) is 5.20 Å². The summed E-state index contributed by atoms with van der Waals surface area (Å²) in [5.74, 6) is 0.197. The van der Waals surface area contributed by atoms with Crippen molar-refractivity contribution in [2.24, 2.45) is 0 Å². The lowest BCUT2D eigenvalue weighted by molar-refractivity contribution is 0.103. The Bertz CT molecular complexity index is 726. The first-order valence-corrected chi connectivity index (χ1v) is 10.6. The molecule has 0 spiro atoms. The molecule has 0 aromatic heterocycles. The van der Waals surface area contributed by atoms with Crippen LogP contribution in [0.3, 0.4) is 0 Å². The predicted molar refractivity (Wildman–Crippen MR) is 91.0 cm³/mol. The molecule has 1 heterocycles. The molecule has 0 fully saturated rings. The molecular formula is C19H20OSi. The Morgan fingerprint density at radius 3 is 2.24 bits per heavy atom. The molecule has 0 atom stereocenters. The van der Waals surface area contributed by atoms with Gasteiger partial charge in [0.15, 0.2) is 5.78 Å². The maximum atomic E-state index is 12.9. The summed E-state index contributed by atoms with van der Waals surface area (Å²) in [6, 6.07) is 19.5. The maximum Gasteiger partial charge on any atom is 0.188 e. The van der Waals surface area contributed by atoms with Crippen LogP contribution in [0.2, 0.25) is 13.1 Å². The van der Waals surface area contributed by atoms with E-state index in [-0.39, 0.29) is 5.78 Å². The maximum absolute atomic E-state index is 12.9. The molecule has 0 saturated carbocycles. The van der Waals surface area contributed by atoms with Crippen LogP contribution < -0.4 is 0 Å². The summed E-state index contributed by atoms with van der Waals surface area (Å²) in [6.07, 6.45) is 0. The van der Waals surface area contributed by atoms with Crippen molar-refractivity contribution in [2.45, 2.75) is 26.1 Å². The van der Waals surface area contributed by atoms with E-state index in [4.69, 9.17) is 0 Å². The van der Waals surface area contributed by atoms with E-state index in [1.807, 2.05) is 31.2 Å². The molecule has 1 nitrogen and oxygen atoms in total. The van der Waals surface area contributed by atoms with Crippen molar-refractivity contribution in [3.05, 3.63) is 76.9 Å². The van der Waals surface area contributed by atoms with Gasteiger partial charge in [0.05, 0.1) is 8.07 Å². The third-order valence-electron chi connectivity index (χ3n) is 4.35. The van der Waals surface area contributed by atoms with Crippen molar-refractivity contribution in [1.29, 1.82) is 0 Å². The highest BCUT2D eigenvalue weighted by Gasteiger charge is 2.35. The van der Waals surface area contributed by atoms with Crippen LogP contribution in [0.4, 0.5) is 0 Å². The summed E-state index contributed by atoms with van der Waals surface area (Å²) in [7, 11) is -1.71. The Labute approximate surface area is 127 Å². The number of carbonyl (C=O) groups is 1. The zero-order chi connectivity index (χ0) is 15.0. The molecule has 0 saturated heterocycles. The molecule has 3 rings (SSSR count). The lowest BCUT2D eigenvalue weighted by atomic mass is 9.98. The highest BCUT2D eigenvalue weighted by atomic mass is 28.3. The van der Waals surface area contributed by atoms with Crippen molar-refractivity contribution in [1.82, 2.24) is 0 Å². The van der Waals surface area contributed by atoms with Crippen LogP contribution in [-0.2, 0) is 6.04 Å². The van der Waals surface area contributed by atoms with Crippen molar-refractivity contribution in [3.8, 4) is 0 Å². The van der Waals surface area contributed by atoms with Gasteiger partial charge in [-0.1, -0.05) is 67.7 Å². The van der Waals surface area contributed by atoms with Crippen molar-refractivity contribution < 1.29 is 4.79 Å². The number of rotatable bonds is 1. The largest absolute Gasteiger partial charge is 0.289 e. The highest BCUT2D eigenvalue weighted by Crippen LogP contribution is 2.36. The summed E-state index contributed by atoms with van der Waals surface area (Å²) in [4.78, 5) is 12.9. The molecular weight excluding hydrogens is 272 g/mol. The van der Waals surface area contributed by atoms with Gasteiger partial charge in [-0.25, -0.2) is 0 Å². The summed E-state index contributed by atoms with van der Waals surface area (Å²) < 4.78 is 0. The van der Waals surface area contributed by atoms with E-state index in [1.165, 1.54) is 16.3 Å². The number of allylic oxidation sites excluding steroid dienone is 1. The van der Waals surface area contributed by atoms with Crippen LogP contribution in [0.15, 0.2) is 60.2 Å². The van der Waals surface area contributed by atoms with Gasteiger partial charge < -0.3 is 0 Å². The first-order chi connectivity index (χ1) is 10.0. The van der Waals surface area contributed by atoms with E-state index in [2.05, 4.69) is 43.4 Å². The molecule has 2 aromatic rings. The molecule has 0 N–H and O–H groups in total. The number of ketones is 1. The molecule has 0 radical (unpaired) electrons. The van der Waals surface area contributed by atoms with Crippen LogP contribution in [0.5, 0.6) is 0 Å². The normalized spacial score (nSPS) is 17.4. The van der Waals surface area contributed by atoms with Gasteiger partial charge in [0, 0.05) is 5.56 Å². The quantitative estimate of drug-likeness (QED) is 0.697. The summed E-state index contributed by atoms with van der Waals surface area (Å²) >= 11 is 0. The average Bonchev–Trinajstić information content (AvgIpc) is 2.54. The average molecular weight is 292 g/mol. The lowest BCUT2D eigenvalue weighted by Gasteiger charge is -2.26. The molecule has 0 bridgehead atoms. The Morgan fingerprint density at radius 2 is 1.52 bits per heavy atom. The van der Waals surface area contributed by atoms with Crippen LogP contribution in [-0.4, -0.2) is 13.9 Å². The third kappa shape index (κ3) is 2.40. The minimum Gasteiger partial charge on any atom is -0.289 e. The first-order valence-electron chi connectivity index (χ1n) is 7.40. The van der Waals surface area contributed by atoms with Crippen molar-refractivity contribution in [3.63, 3.8) is 0 Å². The number of carbonyl (C=O) groups excluding carboxylic acids is 1. The minimum atomic E-state index is -1.71. The number of fused-ring (bicyclic) bond motifs is 1. The molecule has 2 aromatic carbocycles. The van der Waals surface area contributed by atoms with E-state index in [1.54, 1.807) is 0 Å². The van der Waals surface area contributed by atoms with E-state index in [0.717, 1.165) is 17.2 Å². The van der Waals surface area contributed by atoms with Gasteiger partial charge >= 0.3 is 0 Å². The minimum absolute atomic E-state index is 0.197. The molecule has 106 valence electrons. The van der Waals surface area contributed by atoms with Gasteiger partial charge in [0.2, 0.25) is 0 Å². The Kier molecular flexibility index (Phi) is 3.42. The Hall–Kier alpha value is -1.93. The van der Waals surface area contributed by atoms with Gasteiger partial charge in [0.1, 0.15) is 0 Å². The summed E-state index contributed by atoms with van der Waals surface area (Å²) in [6.45, 7) is 6.74.